The first kappa shape index (κ1) is 19.7. The van der Waals surface area contributed by atoms with Crippen molar-refractivity contribution < 1.29 is 17.9 Å². The van der Waals surface area contributed by atoms with E-state index in [4.69, 9.17) is 10.5 Å². The number of aromatic nitrogens is 2. The van der Waals surface area contributed by atoms with Crippen molar-refractivity contribution in [2.24, 2.45) is 10.7 Å². The van der Waals surface area contributed by atoms with Gasteiger partial charge in [-0.1, -0.05) is 0 Å². The number of alkyl halides is 3. The molecule has 4 N–H and O–H groups in total. The van der Waals surface area contributed by atoms with Crippen molar-refractivity contribution in [3.63, 3.8) is 0 Å². The summed E-state index contributed by atoms with van der Waals surface area (Å²) in [6.45, 7) is 5.88. The molecule has 1 aromatic rings. The van der Waals surface area contributed by atoms with Gasteiger partial charge in [-0.2, -0.15) is 18.3 Å². The number of ether oxygens (including phenoxy) is 1. The Bertz CT molecular complexity index is 761. The number of allylic oxidation sites excluding steroid dienone is 1. The van der Waals surface area contributed by atoms with Gasteiger partial charge in [-0.25, -0.2) is 4.99 Å². The van der Waals surface area contributed by atoms with E-state index in [1.54, 1.807) is 6.20 Å². The van der Waals surface area contributed by atoms with Crippen LogP contribution in [0, 0.1) is 6.92 Å². The number of hydrogen-bond acceptors (Lipinski definition) is 6. The standard InChI is InChI=1S/C17H25F3N6O/c1-9-5-12(6-10(2)27-9)26-11(3)13(8-24-26)17(21)23-7-14(16(18,19)20)15(22-4)25-17/h7-10,12,22,25H,5-6,21H2,1-4H3. The first-order valence-electron chi connectivity index (χ1n) is 8.86. The third-order valence-electron chi connectivity index (χ3n) is 5.01. The van der Waals surface area contributed by atoms with Crippen LogP contribution in [0.4, 0.5) is 13.2 Å². The molecule has 0 saturated carbocycles. The average molecular weight is 386 g/mol. The van der Waals surface area contributed by atoms with Crippen LogP contribution in [0.15, 0.2) is 22.6 Å². The summed E-state index contributed by atoms with van der Waals surface area (Å²) in [5, 5.41) is 9.65. The van der Waals surface area contributed by atoms with E-state index < -0.39 is 17.5 Å². The lowest BCUT2D eigenvalue weighted by molar-refractivity contribution is -0.0875. The number of nitrogens with zero attached hydrogens (tertiary/aromatic N) is 3. The SMILES string of the molecule is CNC1=C(C(F)(F)F)C=NC(N)(c2cnn(C3CC(C)OC(C)C3)c2C)N1. The molecule has 150 valence electrons. The lowest BCUT2D eigenvalue weighted by Gasteiger charge is -2.34. The molecule has 1 aromatic heterocycles. The van der Waals surface area contributed by atoms with Crippen LogP contribution in [0.3, 0.4) is 0 Å². The Balaban J connectivity index is 1.91. The van der Waals surface area contributed by atoms with Crippen molar-refractivity contribution in [2.45, 2.75) is 63.8 Å². The third kappa shape index (κ3) is 3.68. The highest BCUT2D eigenvalue weighted by Gasteiger charge is 2.42. The highest BCUT2D eigenvalue weighted by Crippen LogP contribution is 2.34. The summed E-state index contributed by atoms with van der Waals surface area (Å²) < 4.78 is 47.0. The van der Waals surface area contributed by atoms with Gasteiger partial charge < -0.3 is 15.4 Å². The zero-order valence-electron chi connectivity index (χ0n) is 15.8. The molecule has 0 aliphatic carbocycles. The van der Waals surface area contributed by atoms with Gasteiger partial charge >= 0.3 is 6.18 Å². The van der Waals surface area contributed by atoms with E-state index in [0.29, 0.717) is 5.56 Å². The van der Waals surface area contributed by atoms with Crippen molar-refractivity contribution >= 4 is 6.21 Å². The van der Waals surface area contributed by atoms with Gasteiger partial charge in [0.1, 0.15) is 11.4 Å². The molecule has 2 aliphatic rings. The number of rotatable bonds is 3. The molecular formula is C17H25F3N6O. The Morgan fingerprint density at radius 2 is 1.96 bits per heavy atom. The van der Waals surface area contributed by atoms with Gasteiger partial charge in [-0.3, -0.25) is 10.4 Å². The number of nitrogens with two attached hydrogens (primary N) is 1. The minimum atomic E-state index is -4.54. The van der Waals surface area contributed by atoms with Crippen molar-refractivity contribution in [1.82, 2.24) is 20.4 Å². The normalized spacial score (nSPS) is 31.8. The summed E-state index contributed by atoms with van der Waals surface area (Å²) >= 11 is 0. The van der Waals surface area contributed by atoms with Gasteiger partial charge in [0.2, 0.25) is 5.79 Å². The van der Waals surface area contributed by atoms with Crippen LogP contribution in [0.5, 0.6) is 0 Å². The summed E-state index contributed by atoms with van der Waals surface area (Å²) in [6.07, 6.45) is -0.382. The summed E-state index contributed by atoms with van der Waals surface area (Å²) in [7, 11) is 1.40. The molecule has 10 heteroatoms. The van der Waals surface area contributed by atoms with Crippen LogP contribution in [0.1, 0.15) is 44.0 Å². The van der Waals surface area contributed by atoms with Crippen LogP contribution >= 0.6 is 0 Å². The maximum absolute atomic E-state index is 13.1. The Hall–Kier alpha value is -2.07. The average Bonchev–Trinajstić information content (AvgIpc) is 2.95. The molecule has 0 bridgehead atoms. The molecule has 3 heterocycles. The second-order valence-electron chi connectivity index (χ2n) is 7.16. The lowest BCUT2D eigenvalue weighted by Crippen LogP contribution is -2.54. The quantitative estimate of drug-likeness (QED) is 0.740. The van der Waals surface area contributed by atoms with E-state index in [-0.39, 0.29) is 24.1 Å². The Morgan fingerprint density at radius 3 is 2.52 bits per heavy atom. The fourth-order valence-corrected chi connectivity index (χ4v) is 3.81. The fraction of sp³-hybridized carbons (Fsp3) is 0.647. The van der Waals surface area contributed by atoms with E-state index in [1.165, 1.54) is 7.05 Å². The number of aliphatic imine (C=N–C) groups is 1. The minimum absolute atomic E-state index is 0.108. The van der Waals surface area contributed by atoms with Crippen LogP contribution in [-0.4, -0.2) is 41.4 Å². The van der Waals surface area contributed by atoms with Crippen molar-refractivity contribution in [3.05, 3.63) is 28.8 Å². The molecule has 7 nitrogen and oxygen atoms in total. The van der Waals surface area contributed by atoms with E-state index in [2.05, 4.69) is 20.7 Å². The van der Waals surface area contributed by atoms with Crippen LogP contribution in [-0.2, 0) is 10.5 Å². The Morgan fingerprint density at radius 1 is 1.33 bits per heavy atom. The highest BCUT2D eigenvalue weighted by atomic mass is 19.4. The third-order valence-corrected chi connectivity index (χ3v) is 5.01. The Labute approximate surface area is 155 Å². The number of halogens is 3. The summed E-state index contributed by atoms with van der Waals surface area (Å²) in [5.74, 6) is -1.75. The molecule has 27 heavy (non-hydrogen) atoms. The molecule has 0 aromatic carbocycles. The number of nitrogens with one attached hydrogen (secondary N) is 2. The van der Waals surface area contributed by atoms with Crippen molar-refractivity contribution in [2.75, 3.05) is 7.05 Å². The van der Waals surface area contributed by atoms with E-state index >= 15 is 0 Å². The number of hydrogen-bond donors (Lipinski definition) is 3. The second-order valence-corrected chi connectivity index (χ2v) is 7.16. The van der Waals surface area contributed by atoms with E-state index in [9.17, 15) is 13.2 Å². The molecule has 1 fully saturated rings. The van der Waals surface area contributed by atoms with Gasteiger partial charge in [-0.15, -0.1) is 0 Å². The topological polar surface area (TPSA) is 89.5 Å². The molecule has 0 spiro atoms. The summed E-state index contributed by atoms with van der Waals surface area (Å²) in [5.41, 5.74) is 6.71. The lowest BCUT2D eigenvalue weighted by atomic mass is 9.99. The summed E-state index contributed by atoms with van der Waals surface area (Å²) in [4.78, 5) is 3.97. The molecule has 0 amide bonds. The van der Waals surface area contributed by atoms with Gasteiger partial charge in [-0.05, 0) is 33.6 Å². The Kier molecular flexibility index (Phi) is 4.98. The summed E-state index contributed by atoms with van der Waals surface area (Å²) in [6, 6.07) is 0.138. The van der Waals surface area contributed by atoms with Gasteiger partial charge in [0.15, 0.2) is 0 Å². The predicted octanol–water partition coefficient (Wildman–Crippen LogP) is 2.06. The minimum Gasteiger partial charge on any atom is -0.375 e. The monoisotopic (exact) mass is 386 g/mol. The first-order valence-corrected chi connectivity index (χ1v) is 8.86. The maximum atomic E-state index is 13.1. The molecule has 2 aliphatic heterocycles. The zero-order valence-corrected chi connectivity index (χ0v) is 15.8. The molecular weight excluding hydrogens is 361 g/mol. The smallest absolute Gasteiger partial charge is 0.375 e. The second kappa shape index (κ2) is 6.83. The molecule has 3 rings (SSSR count). The molecule has 0 radical (unpaired) electrons. The molecule has 3 atom stereocenters. The highest BCUT2D eigenvalue weighted by molar-refractivity contribution is 5.82. The zero-order chi connectivity index (χ0) is 20.0. The van der Waals surface area contributed by atoms with E-state index in [0.717, 1.165) is 24.8 Å². The van der Waals surface area contributed by atoms with E-state index in [1.807, 2.05) is 25.5 Å². The maximum Gasteiger partial charge on any atom is 0.421 e. The van der Waals surface area contributed by atoms with Gasteiger partial charge in [0, 0.05) is 19.0 Å². The molecule has 1 saturated heterocycles. The van der Waals surface area contributed by atoms with Crippen molar-refractivity contribution in [3.8, 4) is 0 Å². The largest absolute Gasteiger partial charge is 0.421 e. The first-order chi connectivity index (χ1) is 12.5. The van der Waals surface area contributed by atoms with Gasteiger partial charge in [0.05, 0.1) is 30.0 Å². The fourth-order valence-electron chi connectivity index (χ4n) is 3.81. The molecule has 3 unspecified atom stereocenters. The van der Waals surface area contributed by atoms with Gasteiger partial charge in [0.25, 0.3) is 0 Å². The predicted molar refractivity (Wildman–Crippen MR) is 94.9 cm³/mol. The van der Waals surface area contributed by atoms with Crippen molar-refractivity contribution in [1.29, 1.82) is 0 Å². The van der Waals surface area contributed by atoms with Crippen LogP contribution < -0.4 is 16.4 Å². The van der Waals surface area contributed by atoms with Crippen LogP contribution in [0.25, 0.3) is 0 Å². The van der Waals surface area contributed by atoms with Crippen LogP contribution in [0.2, 0.25) is 0 Å².